The topological polar surface area (TPSA) is 27.7 Å². The fourth-order valence-corrected chi connectivity index (χ4v) is 1.33. The highest BCUT2D eigenvalue weighted by atomic mass is 16.7. The summed E-state index contributed by atoms with van der Waals surface area (Å²) in [6.07, 6.45) is 3.79. The van der Waals surface area contributed by atoms with E-state index in [4.69, 9.17) is 14.2 Å². The van der Waals surface area contributed by atoms with Gasteiger partial charge in [-0.1, -0.05) is 0 Å². The highest BCUT2D eigenvalue weighted by molar-refractivity contribution is 5.04. The molecule has 1 fully saturated rings. The molecule has 0 amide bonds. The lowest BCUT2D eigenvalue weighted by molar-refractivity contribution is -0.0191. The standard InChI is InChI=1S/C8H12O3/c1-2-7(6-9-3-1)8-10-4-5-11-8/h6,8H,1-5H2. The Morgan fingerprint density at radius 2 is 2.00 bits per heavy atom. The summed E-state index contributed by atoms with van der Waals surface area (Å²) < 4.78 is 15.8. The van der Waals surface area contributed by atoms with Gasteiger partial charge in [-0.15, -0.1) is 0 Å². The van der Waals surface area contributed by atoms with E-state index in [0.717, 1.165) is 25.0 Å². The Morgan fingerprint density at radius 3 is 2.64 bits per heavy atom. The minimum absolute atomic E-state index is 0.115. The van der Waals surface area contributed by atoms with E-state index >= 15 is 0 Å². The van der Waals surface area contributed by atoms with E-state index in [0.29, 0.717) is 13.2 Å². The third-order valence-corrected chi connectivity index (χ3v) is 1.89. The number of hydrogen-bond donors (Lipinski definition) is 0. The molecule has 2 aliphatic rings. The van der Waals surface area contributed by atoms with Crippen LogP contribution in [0.15, 0.2) is 11.8 Å². The smallest absolute Gasteiger partial charge is 0.183 e. The molecule has 2 heterocycles. The van der Waals surface area contributed by atoms with E-state index in [-0.39, 0.29) is 6.29 Å². The first-order chi connectivity index (χ1) is 5.47. The highest BCUT2D eigenvalue weighted by Gasteiger charge is 2.22. The SMILES string of the molecule is C1=C(C2OCCO2)CCCO1. The van der Waals surface area contributed by atoms with Gasteiger partial charge in [-0.05, 0) is 12.8 Å². The first kappa shape index (κ1) is 7.13. The molecule has 0 N–H and O–H groups in total. The van der Waals surface area contributed by atoms with Crippen LogP contribution in [-0.4, -0.2) is 26.1 Å². The quantitative estimate of drug-likeness (QED) is 0.568. The summed E-state index contributed by atoms with van der Waals surface area (Å²) in [5.74, 6) is 0. The molecule has 2 aliphatic heterocycles. The largest absolute Gasteiger partial charge is 0.501 e. The Hall–Kier alpha value is -0.540. The zero-order chi connectivity index (χ0) is 7.52. The molecule has 0 bridgehead atoms. The van der Waals surface area contributed by atoms with Gasteiger partial charge in [0.1, 0.15) is 0 Å². The Morgan fingerprint density at radius 1 is 1.18 bits per heavy atom. The molecule has 0 unspecified atom stereocenters. The van der Waals surface area contributed by atoms with Crippen LogP contribution in [0.3, 0.4) is 0 Å². The van der Waals surface area contributed by atoms with Gasteiger partial charge >= 0.3 is 0 Å². The molecule has 0 aromatic heterocycles. The maximum absolute atomic E-state index is 5.32. The van der Waals surface area contributed by atoms with Crippen LogP contribution >= 0.6 is 0 Å². The van der Waals surface area contributed by atoms with E-state index in [1.165, 1.54) is 0 Å². The summed E-state index contributed by atoms with van der Waals surface area (Å²) in [6.45, 7) is 2.25. The van der Waals surface area contributed by atoms with Crippen LogP contribution < -0.4 is 0 Å². The Labute approximate surface area is 65.9 Å². The molecule has 1 saturated heterocycles. The van der Waals surface area contributed by atoms with Crippen molar-refractivity contribution in [1.29, 1.82) is 0 Å². The normalized spacial score (nSPS) is 26.4. The molecule has 0 aromatic rings. The van der Waals surface area contributed by atoms with Crippen molar-refractivity contribution in [3.63, 3.8) is 0 Å². The second kappa shape index (κ2) is 3.24. The van der Waals surface area contributed by atoms with E-state index in [1.807, 2.05) is 0 Å². The molecule has 0 aliphatic carbocycles. The maximum Gasteiger partial charge on any atom is 0.183 e. The average molecular weight is 156 g/mol. The second-order valence-corrected chi connectivity index (χ2v) is 2.74. The number of hydrogen-bond acceptors (Lipinski definition) is 3. The molecule has 3 nitrogen and oxygen atoms in total. The van der Waals surface area contributed by atoms with Crippen LogP contribution in [0.2, 0.25) is 0 Å². The number of ether oxygens (including phenoxy) is 3. The Bertz CT molecular complexity index is 159. The van der Waals surface area contributed by atoms with Gasteiger partial charge in [0.15, 0.2) is 6.29 Å². The molecule has 0 radical (unpaired) electrons. The molecular formula is C8H12O3. The van der Waals surface area contributed by atoms with Crippen molar-refractivity contribution < 1.29 is 14.2 Å². The van der Waals surface area contributed by atoms with Crippen LogP contribution in [-0.2, 0) is 14.2 Å². The van der Waals surface area contributed by atoms with Gasteiger partial charge in [0.2, 0.25) is 0 Å². The first-order valence-corrected chi connectivity index (χ1v) is 4.00. The lowest BCUT2D eigenvalue weighted by atomic mass is 10.1. The zero-order valence-corrected chi connectivity index (χ0v) is 6.41. The van der Waals surface area contributed by atoms with Gasteiger partial charge in [0, 0.05) is 5.57 Å². The summed E-state index contributed by atoms with van der Waals surface area (Å²) in [5.41, 5.74) is 1.15. The van der Waals surface area contributed by atoms with Gasteiger partial charge in [-0.25, -0.2) is 0 Å². The molecule has 62 valence electrons. The van der Waals surface area contributed by atoms with Crippen molar-refractivity contribution in [3.8, 4) is 0 Å². The lowest BCUT2D eigenvalue weighted by Gasteiger charge is -2.17. The molecule has 3 heteroatoms. The molecule has 0 saturated carbocycles. The fourth-order valence-electron chi connectivity index (χ4n) is 1.33. The molecule has 11 heavy (non-hydrogen) atoms. The van der Waals surface area contributed by atoms with Crippen molar-refractivity contribution in [2.24, 2.45) is 0 Å². The molecule has 0 atom stereocenters. The van der Waals surface area contributed by atoms with Crippen molar-refractivity contribution >= 4 is 0 Å². The van der Waals surface area contributed by atoms with E-state index in [1.54, 1.807) is 6.26 Å². The van der Waals surface area contributed by atoms with Gasteiger partial charge in [0.05, 0.1) is 26.1 Å². The second-order valence-electron chi connectivity index (χ2n) is 2.74. The first-order valence-electron chi connectivity index (χ1n) is 4.00. The van der Waals surface area contributed by atoms with Gasteiger partial charge in [-0.3, -0.25) is 0 Å². The molecule has 0 spiro atoms. The molecule has 0 aromatic carbocycles. The Kier molecular flexibility index (Phi) is 2.10. The average Bonchev–Trinajstić information content (AvgIpc) is 2.58. The van der Waals surface area contributed by atoms with Crippen molar-refractivity contribution in [2.45, 2.75) is 19.1 Å². The highest BCUT2D eigenvalue weighted by Crippen LogP contribution is 2.21. The van der Waals surface area contributed by atoms with Crippen molar-refractivity contribution in [3.05, 3.63) is 11.8 Å². The summed E-state index contributed by atoms with van der Waals surface area (Å²) in [4.78, 5) is 0. The third-order valence-electron chi connectivity index (χ3n) is 1.89. The lowest BCUT2D eigenvalue weighted by Crippen LogP contribution is -2.15. The number of rotatable bonds is 1. The van der Waals surface area contributed by atoms with E-state index < -0.39 is 0 Å². The summed E-state index contributed by atoms with van der Waals surface area (Å²) in [5, 5.41) is 0. The van der Waals surface area contributed by atoms with Crippen molar-refractivity contribution in [2.75, 3.05) is 19.8 Å². The Balaban J connectivity index is 1.96. The van der Waals surface area contributed by atoms with Crippen molar-refractivity contribution in [1.82, 2.24) is 0 Å². The van der Waals surface area contributed by atoms with Gasteiger partial charge in [-0.2, -0.15) is 0 Å². The van der Waals surface area contributed by atoms with Crippen LogP contribution in [0.4, 0.5) is 0 Å². The zero-order valence-electron chi connectivity index (χ0n) is 6.41. The van der Waals surface area contributed by atoms with Gasteiger partial charge < -0.3 is 14.2 Å². The van der Waals surface area contributed by atoms with Crippen LogP contribution in [0.1, 0.15) is 12.8 Å². The van der Waals surface area contributed by atoms with Gasteiger partial charge in [0.25, 0.3) is 0 Å². The van der Waals surface area contributed by atoms with Crippen LogP contribution in [0, 0.1) is 0 Å². The summed E-state index contributed by atoms with van der Waals surface area (Å²) >= 11 is 0. The van der Waals surface area contributed by atoms with Crippen LogP contribution in [0.25, 0.3) is 0 Å². The molecule has 2 rings (SSSR count). The summed E-state index contributed by atoms with van der Waals surface area (Å²) in [7, 11) is 0. The minimum Gasteiger partial charge on any atom is -0.501 e. The third kappa shape index (κ3) is 1.54. The molecular weight excluding hydrogens is 144 g/mol. The van der Waals surface area contributed by atoms with E-state index in [9.17, 15) is 0 Å². The minimum atomic E-state index is -0.115. The fraction of sp³-hybridized carbons (Fsp3) is 0.750. The van der Waals surface area contributed by atoms with E-state index in [2.05, 4.69) is 0 Å². The summed E-state index contributed by atoms with van der Waals surface area (Å²) in [6, 6.07) is 0. The van der Waals surface area contributed by atoms with Crippen LogP contribution in [0.5, 0.6) is 0 Å². The predicted octanol–water partition coefficient (Wildman–Crippen LogP) is 1.05. The monoisotopic (exact) mass is 156 g/mol. The maximum atomic E-state index is 5.32. The predicted molar refractivity (Wildman–Crippen MR) is 39.0 cm³/mol.